The topological polar surface area (TPSA) is 122 Å². The summed E-state index contributed by atoms with van der Waals surface area (Å²) in [6.07, 6.45) is 6.29. The van der Waals surface area contributed by atoms with Gasteiger partial charge in [-0.2, -0.15) is 5.10 Å². The second-order valence-electron chi connectivity index (χ2n) is 10.4. The Morgan fingerprint density at radius 2 is 1.71 bits per heavy atom. The zero-order valence-electron chi connectivity index (χ0n) is 21.6. The van der Waals surface area contributed by atoms with Crippen molar-refractivity contribution in [3.8, 4) is 23.1 Å². The van der Waals surface area contributed by atoms with Crippen LogP contribution < -0.4 is 9.47 Å². The van der Waals surface area contributed by atoms with E-state index in [1.54, 1.807) is 16.8 Å². The Labute approximate surface area is 219 Å². The van der Waals surface area contributed by atoms with Crippen LogP contribution in [0.2, 0.25) is 0 Å². The number of hydrogen-bond acceptors (Lipinski definition) is 10. The second kappa shape index (κ2) is 10.3. The quantitative estimate of drug-likeness (QED) is 0.363. The van der Waals surface area contributed by atoms with Crippen molar-refractivity contribution in [2.75, 3.05) is 32.8 Å². The first-order chi connectivity index (χ1) is 18.5. The molecule has 3 aromatic rings. The number of rotatable bonds is 5. The van der Waals surface area contributed by atoms with Crippen molar-refractivity contribution in [3.05, 3.63) is 30.2 Å². The maximum atomic E-state index is 12.3. The average Bonchev–Trinajstić information content (AvgIpc) is 3.56. The molecule has 2 saturated heterocycles. The van der Waals surface area contributed by atoms with Gasteiger partial charge >= 0.3 is 11.9 Å². The van der Waals surface area contributed by atoms with Crippen LogP contribution >= 0.6 is 0 Å². The molecule has 11 heteroatoms. The van der Waals surface area contributed by atoms with Crippen LogP contribution in [-0.4, -0.2) is 69.7 Å². The van der Waals surface area contributed by atoms with E-state index < -0.39 is 11.9 Å². The Hall–Kier alpha value is -3.57. The van der Waals surface area contributed by atoms with E-state index in [1.165, 1.54) is 0 Å². The molecule has 0 aliphatic carbocycles. The van der Waals surface area contributed by atoms with Crippen molar-refractivity contribution in [1.29, 1.82) is 0 Å². The molecule has 2 fully saturated rings. The summed E-state index contributed by atoms with van der Waals surface area (Å²) in [4.78, 5) is 27.1. The highest BCUT2D eigenvalue weighted by molar-refractivity contribution is 6.04. The number of likely N-dealkylation sites (tertiary alicyclic amines) is 1. The van der Waals surface area contributed by atoms with E-state index in [1.807, 2.05) is 13.8 Å². The molecule has 5 heterocycles. The van der Waals surface area contributed by atoms with Crippen LogP contribution in [0.1, 0.15) is 57.4 Å². The lowest BCUT2D eigenvalue weighted by Crippen LogP contribution is -2.38. The minimum Gasteiger partial charge on any atom is -0.422 e. The molecule has 0 radical (unpaired) electrons. The van der Waals surface area contributed by atoms with E-state index in [9.17, 15) is 9.59 Å². The summed E-state index contributed by atoms with van der Waals surface area (Å²) in [5.41, 5.74) is 1.04. The Morgan fingerprint density at radius 1 is 0.974 bits per heavy atom. The van der Waals surface area contributed by atoms with Gasteiger partial charge in [-0.05, 0) is 70.7 Å². The first-order valence-electron chi connectivity index (χ1n) is 13.3. The predicted molar refractivity (Wildman–Crippen MR) is 136 cm³/mol. The van der Waals surface area contributed by atoms with Gasteiger partial charge in [-0.3, -0.25) is 0 Å². The number of carbonyl (C=O) groups is 2. The minimum atomic E-state index is -0.688. The number of hydrogen-bond donors (Lipinski definition) is 0. The Kier molecular flexibility index (Phi) is 6.71. The van der Waals surface area contributed by atoms with Crippen molar-refractivity contribution in [2.24, 2.45) is 5.92 Å². The van der Waals surface area contributed by atoms with Crippen LogP contribution in [0.5, 0.6) is 11.6 Å². The molecule has 1 aromatic carbocycles. The average molecular weight is 522 g/mol. The van der Waals surface area contributed by atoms with Crippen LogP contribution in [-0.2, 0) is 14.3 Å². The first-order valence-corrected chi connectivity index (χ1v) is 13.3. The van der Waals surface area contributed by atoms with Crippen molar-refractivity contribution in [1.82, 2.24) is 24.9 Å². The van der Waals surface area contributed by atoms with E-state index in [-0.39, 0.29) is 23.6 Å². The van der Waals surface area contributed by atoms with Crippen molar-refractivity contribution < 1.29 is 28.2 Å². The maximum absolute atomic E-state index is 12.3. The first kappa shape index (κ1) is 24.7. The van der Waals surface area contributed by atoms with Gasteiger partial charge in [-0.1, -0.05) is 0 Å². The van der Waals surface area contributed by atoms with E-state index in [2.05, 4.69) is 15.1 Å². The van der Waals surface area contributed by atoms with Crippen molar-refractivity contribution in [2.45, 2.75) is 51.5 Å². The van der Waals surface area contributed by atoms with Crippen LogP contribution in [0, 0.1) is 5.92 Å². The van der Waals surface area contributed by atoms with Crippen LogP contribution in [0.25, 0.3) is 22.4 Å². The fourth-order valence-electron chi connectivity index (χ4n) is 5.43. The lowest BCUT2D eigenvalue weighted by atomic mass is 9.94. The molecule has 0 unspecified atom stereocenters. The molecular formula is C27H31N5O6. The smallest absolute Gasteiger partial charge is 0.337 e. The van der Waals surface area contributed by atoms with Crippen LogP contribution in [0.3, 0.4) is 0 Å². The molecule has 11 nitrogen and oxygen atoms in total. The largest absolute Gasteiger partial charge is 0.422 e. The van der Waals surface area contributed by atoms with E-state index in [0.29, 0.717) is 28.2 Å². The molecule has 0 amide bonds. The summed E-state index contributed by atoms with van der Waals surface area (Å²) < 4.78 is 24.4. The van der Waals surface area contributed by atoms with Gasteiger partial charge in [0.2, 0.25) is 17.7 Å². The number of piperidine rings is 1. The van der Waals surface area contributed by atoms with Gasteiger partial charge in [0.05, 0.1) is 11.6 Å². The third-order valence-corrected chi connectivity index (χ3v) is 7.49. The lowest BCUT2D eigenvalue weighted by molar-refractivity contribution is -0.131. The highest BCUT2D eigenvalue weighted by Crippen LogP contribution is 2.42. The minimum absolute atomic E-state index is 0.129. The molecule has 3 aliphatic heterocycles. The molecular weight excluding hydrogens is 490 g/mol. The summed E-state index contributed by atoms with van der Waals surface area (Å²) in [7, 11) is 0. The van der Waals surface area contributed by atoms with Crippen molar-refractivity contribution >= 4 is 22.8 Å². The zero-order chi connectivity index (χ0) is 26.2. The maximum Gasteiger partial charge on any atom is 0.337 e. The number of benzene rings is 1. The van der Waals surface area contributed by atoms with Gasteiger partial charge in [0.25, 0.3) is 0 Å². The summed E-state index contributed by atoms with van der Waals surface area (Å²) >= 11 is 0. The third-order valence-electron chi connectivity index (χ3n) is 7.49. The van der Waals surface area contributed by atoms with Crippen molar-refractivity contribution in [3.63, 3.8) is 0 Å². The SMILES string of the molecule is CC(C)n1nc2c(-c3nnc(C4CCN(CC5CCOCC5)CC4)o3)ccc3c2c1OC(=O)/C=C/C(=O)O3. The highest BCUT2D eigenvalue weighted by atomic mass is 16.6. The molecule has 0 bridgehead atoms. The van der Waals surface area contributed by atoms with E-state index in [0.717, 1.165) is 76.6 Å². The lowest BCUT2D eigenvalue weighted by Gasteiger charge is -2.34. The number of aromatic nitrogens is 4. The van der Waals surface area contributed by atoms with Gasteiger partial charge in [0.15, 0.2) is 0 Å². The monoisotopic (exact) mass is 521 g/mol. The zero-order valence-corrected chi connectivity index (χ0v) is 21.6. The van der Waals surface area contributed by atoms with Crippen LogP contribution in [0.15, 0.2) is 28.7 Å². The Balaban J connectivity index is 1.27. The standard InChI is InChI=1S/C27H31N5O6/c1-16(2)32-27-23-20(36-21(33)5-6-22(34)37-27)4-3-19(24(23)30-32)26-29-28-25(38-26)18-7-11-31(12-8-18)15-17-9-13-35-14-10-17/h3-6,16-18H,7-15H2,1-2H3/b6-5+. The summed E-state index contributed by atoms with van der Waals surface area (Å²) in [5, 5.41) is 13.8. The van der Waals surface area contributed by atoms with E-state index >= 15 is 0 Å². The molecule has 0 N–H and O–H groups in total. The Morgan fingerprint density at radius 3 is 2.45 bits per heavy atom. The number of nitrogens with zero attached hydrogens (tertiary/aromatic N) is 5. The number of esters is 2. The molecule has 6 rings (SSSR count). The number of carbonyl (C=O) groups excluding carboxylic acids is 2. The number of ether oxygens (including phenoxy) is 3. The Bertz CT molecular complexity index is 1380. The van der Waals surface area contributed by atoms with E-state index in [4.69, 9.17) is 23.7 Å². The fourth-order valence-corrected chi connectivity index (χ4v) is 5.43. The second-order valence-corrected chi connectivity index (χ2v) is 10.4. The van der Waals surface area contributed by atoms with Gasteiger partial charge in [0.1, 0.15) is 16.7 Å². The molecule has 3 aliphatic rings. The highest BCUT2D eigenvalue weighted by Gasteiger charge is 2.30. The third kappa shape index (κ3) is 4.83. The summed E-state index contributed by atoms with van der Waals surface area (Å²) in [6, 6.07) is 3.25. The van der Waals surface area contributed by atoms with Gasteiger partial charge in [-0.15, -0.1) is 10.2 Å². The molecule has 2 aromatic heterocycles. The normalized spacial score (nSPS) is 20.7. The summed E-state index contributed by atoms with van der Waals surface area (Å²) in [6.45, 7) is 8.72. The predicted octanol–water partition coefficient (Wildman–Crippen LogP) is 3.65. The molecule has 200 valence electrons. The molecule has 0 spiro atoms. The fraction of sp³-hybridized carbons (Fsp3) is 0.519. The van der Waals surface area contributed by atoms with Gasteiger partial charge < -0.3 is 23.5 Å². The molecule has 0 atom stereocenters. The van der Waals surface area contributed by atoms with Crippen LogP contribution in [0.4, 0.5) is 0 Å². The summed E-state index contributed by atoms with van der Waals surface area (Å²) in [5.74, 6) is 0.937. The molecule has 38 heavy (non-hydrogen) atoms. The van der Waals surface area contributed by atoms with Gasteiger partial charge in [0, 0.05) is 37.8 Å². The molecule has 0 saturated carbocycles. The van der Waals surface area contributed by atoms with Gasteiger partial charge in [-0.25, -0.2) is 14.3 Å².